The number of carbonyl (C=O) groups excluding carboxylic acids is 2. The number of ether oxygens (including phenoxy) is 3. The zero-order valence-electron chi connectivity index (χ0n) is 15.1. The first-order valence-corrected chi connectivity index (χ1v) is 10.5. The molecule has 2 heterocycles. The van der Waals surface area contributed by atoms with E-state index in [1.54, 1.807) is 0 Å². The average molecular weight is 448 g/mol. The molecule has 5 unspecified atom stereocenters. The molecular formula is C16H20F4O8S. The molecule has 0 aromatic heterocycles. The predicted molar refractivity (Wildman–Crippen MR) is 85.6 cm³/mol. The van der Waals surface area contributed by atoms with Crippen molar-refractivity contribution in [1.29, 1.82) is 0 Å². The summed E-state index contributed by atoms with van der Waals surface area (Å²) >= 11 is 0. The van der Waals surface area contributed by atoms with Crippen LogP contribution >= 0.6 is 0 Å². The topological polar surface area (TPSA) is 116 Å². The van der Waals surface area contributed by atoms with Crippen LogP contribution in [0.4, 0.5) is 17.6 Å². The van der Waals surface area contributed by atoms with Crippen LogP contribution in [0.25, 0.3) is 0 Å². The Bertz CT molecular complexity index is 771. The highest BCUT2D eigenvalue weighted by Gasteiger charge is 2.65. The monoisotopic (exact) mass is 448 g/mol. The minimum Gasteiger partial charge on any atom is -0.458 e. The lowest BCUT2D eigenvalue weighted by Crippen LogP contribution is -2.47. The molecule has 1 N–H and O–H groups in total. The summed E-state index contributed by atoms with van der Waals surface area (Å²) in [5.74, 6) is -6.34. The molecule has 13 heteroatoms. The van der Waals surface area contributed by atoms with Crippen LogP contribution in [0.2, 0.25) is 0 Å². The molecule has 166 valence electrons. The van der Waals surface area contributed by atoms with Gasteiger partial charge in [0.15, 0.2) is 0 Å². The maximum absolute atomic E-state index is 13.3. The molecule has 2 saturated carbocycles. The van der Waals surface area contributed by atoms with Gasteiger partial charge in [0.1, 0.15) is 18.8 Å². The maximum Gasteiger partial charge on any atom is 0.431 e. The fourth-order valence-electron chi connectivity index (χ4n) is 4.31. The van der Waals surface area contributed by atoms with Crippen molar-refractivity contribution in [2.45, 2.75) is 55.5 Å². The van der Waals surface area contributed by atoms with E-state index < -0.39 is 59.1 Å². The highest BCUT2D eigenvalue weighted by atomic mass is 32.2. The van der Waals surface area contributed by atoms with Crippen molar-refractivity contribution < 1.29 is 54.3 Å². The van der Waals surface area contributed by atoms with E-state index in [1.807, 2.05) is 0 Å². The molecule has 29 heavy (non-hydrogen) atoms. The summed E-state index contributed by atoms with van der Waals surface area (Å²) in [7, 11) is -6.32. The quantitative estimate of drug-likeness (QED) is 0.259. The molecule has 4 bridgehead atoms. The van der Waals surface area contributed by atoms with E-state index in [9.17, 15) is 35.6 Å². The summed E-state index contributed by atoms with van der Waals surface area (Å²) in [6.07, 6.45) is -0.390. The maximum atomic E-state index is 13.3. The SMILES string of the molecule is O=C(COCCC(F)(F)C(F)(F)S(=O)(=O)O)OC1C2CC3CC(C2)C(=O)OC1C3. The van der Waals surface area contributed by atoms with Crippen LogP contribution in [0.15, 0.2) is 0 Å². The van der Waals surface area contributed by atoms with Gasteiger partial charge in [-0.05, 0) is 31.6 Å². The highest BCUT2D eigenvalue weighted by molar-refractivity contribution is 7.87. The van der Waals surface area contributed by atoms with E-state index in [0.717, 1.165) is 12.8 Å². The lowest BCUT2D eigenvalue weighted by Gasteiger charge is -2.41. The summed E-state index contributed by atoms with van der Waals surface area (Å²) in [4.78, 5) is 23.9. The summed E-state index contributed by atoms with van der Waals surface area (Å²) in [5, 5.41) is -5.69. The minimum absolute atomic E-state index is 0.0642. The Hall–Kier alpha value is -1.47. The summed E-state index contributed by atoms with van der Waals surface area (Å²) in [5.41, 5.74) is 0. The molecular weight excluding hydrogens is 428 g/mol. The number of fused-ring (bicyclic) bond motifs is 1. The van der Waals surface area contributed by atoms with E-state index in [4.69, 9.17) is 14.0 Å². The molecule has 8 nitrogen and oxygen atoms in total. The summed E-state index contributed by atoms with van der Waals surface area (Å²) in [6.45, 7) is -1.91. The van der Waals surface area contributed by atoms with Gasteiger partial charge in [-0.25, -0.2) is 4.79 Å². The Labute approximate surface area is 163 Å². The molecule has 2 saturated heterocycles. The second-order valence-corrected chi connectivity index (χ2v) is 9.16. The minimum atomic E-state index is -6.32. The number of carbonyl (C=O) groups is 2. The van der Waals surface area contributed by atoms with Crippen molar-refractivity contribution in [1.82, 2.24) is 0 Å². The first-order chi connectivity index (χ1) is 13.3. The molecule has 0 amide bonds. The number of alkyl halides is 4. The molecule has 0 aromatic rings. The molecule has 0 radical (unpaired) electrons. The number of hydrogen-bond acceptors (Lipinski definition) is 7. The number of hydrogen-bond donors (Lipinski definition) is 1. The van der Waals surface area contributed by atoms with Crippen molar-refractivity contribution in [2.75, 3.05) is 13.2 Å². The second-order valence-electron chi connectivity index (χ2n) is 7.69. The van der Waals surface area contributed by atoms with Gasteiger partial charge >= 0.3 is 33.2 Å². The Morgan fingerprint density at radius 2 is 1.86 bits per heavy atom. The van der Waals surface area contributed by atoms with E-state index in [0.29, 0.717) is 18.8 Å². The van der Waals surface area contributed by atoms with Gasteiger partial charge in [0.25, 0.3) is 0 Å². The first-order valence-electron chi connectivity index (χ1n) is 9.02. The van der Waals surface area contributed by atoms with Gasteiger partial charge in [-0.3, -0.25) is 9.35 Å². The normalized spacial score (nSPS) is 32.0. The predicted octanol–water partition coefficient (Wildman–Crippen LogP) is 1.78. The Morgan fingerprint density at radius 1 is 1.17 bits per heavy atom. The molecule has 5 atom stereocenters. The van der Waals surface area contributed by atoms with Crippen LogP contribution in [-0.2, 0) is 33.9 Å². The van der Waals surface area contributed by atoms with E-state index in [-0.39, 0.29) is 17.8 Å². The van der Waals surface area contributed by atoms with Gasteiger partial charge < -0.3 is 14.2 Å². The lowest BCUT2D eigenvalue weighted by molar-refractivity contribution is -0.181. The van der Waals surface area contributed by atoms with E-state index in [2.05, 4.69) is 4.74 Å². The highest BCUT2D eigenvalue weighted by Crippen LogP contribution is 2.48. The largest absolute Gasteiger partial charge is 0.458 e. The van der Waals surface area contributed by atoms with Crippen molar-refractivity contribution in [3.8, 4) is 0 Å². The van der Waals surface area contributed by atoms with Crippen LogP contribution in [0, 0.1) is 17.8 Å². The number of esters is 2. The van der Waals surface area contributed by atoms with Crippen molar-refractivity contribution in [2.24, 2.45) is 17.8 Å². The van der Waals surface area contributed by atoms with E-state index in [1.165, 1.54) is 0 Å². The number of halogens is 4. The van der Waals surface area contributed by atoms with Crippen molar-refractivity contribution >= 4 is 22.1 Å². The third kappa shape index (κ3) is 4.36. The first kappa shape index (κ1) is 22.2. The zero-order chi connectivity index (χ0) is 21.6. The third-order valence-electron chi connectivity index (χ3n) is 5.64. The molecule has 4 fully saturated rings. The Balaban J connectivity index is 1.48. The van der Waals surface area contributed by atoms with Gasteiger partial charge in [-0.15, -0.1) is 0 Å². The standard InChI is InChI=1S/C16H20F4O8S/c17-15(18,16(19,20)29(23,24)25)1-2-26-7-12(21)28-13-9-3-8-4-10(6-9)14(22)27-11(13)5-8/h8-11,13H,1-7H2,(H,23,24,25). The van der Waals surface area contributed by atoms with Gasteiger partial charge in [0.05, 0.1) is 12.5 Å². The van der Waals surface area contributed by atoms with Crippen molar-refractivity contribution in [3.05, 3.63) is 0 Å². The number of rotatable bonds is 8. The molecule has 0 spiro atoms. The fraction of sp³-hybridized carbons (Fsp3) is 0.875. The lowest BCUT2D eigenvalue weighted by atomic mass is 9.67. The van der Waals surface area contributed by atoms with Crippen molar-refractivity contribution in [3.63, 3.8) is 0 Å². The summed E-state index contributed by atoms with van der Waals surface area (Å²) < 4.78 is 97.1. The van der Waals surface area contributed by atoms with Crippen LogP contribution in [0.5, 0.6) is 0 Å². The van der Waals surface area contributed by atoms with Crippen LogP contribution in [0.3, 0.4) is 0 Å². The van der Waals surface area contributed by atoms with Gasteiger partial charge in [-0.1, -0.05) is 0 Å². The molecule has 2 aliphatic carbocycles. The molecule has 4 aliphatic rings. The van der Waals surface area contributed by atoms with Gasteiger partial charge in [0, 0.05) is 12.3 Å². The van der Waals surface area contributed by atoms with Gasteiger partial charge in [-0.2, -0.15) is 26.0 Å². The third-order valence-corrected chi connectivity index (χ3v) is 6.58. The fourth-order valence-corrected chi connectivity index (χ4v) is 4.79. The average Bonchev–Trinajstić information content (AvgIpc) is 2.75. The molecule has 2 aliphatic heterocycles. The van der Waals surface area contributed by atoms with E-state index >= 15 is 0 Å². The van der Waals surface area contributed by atoms with Crippen LogP contribution < -0.4 is 0 Å². The molecule has 4 rings (SSSR count). The summed E-state index contributed by atoms with van der Waals surface area (Å²) in [6, 6.07) is 0. The Morgan fingerprint density at radius 3 is 2.52 bits per heavy atom. The second kappa shape index (κ2) is 7.65. The Kier molecular flexibility index (Phi) is 5.86. The van der Waals surface area contributed by atoms with Gasteiger partial charge in [0.2, 0.25) is 0 Å². The smallest absolute Gasteiger partial charge is 0.431 e. The van der Waals surface area contributed by atoms with Crippen LogP contribution in [-0.4, -0.2) is 61.5 Å². The zero-order valence-corrected chi connectivity index (χ0v) is 15.9. The van der Waals surface area contributed by atoms with Crippen LogP contribution in [0.1, 0.15) is 32.1 Å². The molecule has 0 aromatic carbocycles.